The number of amides is 1. The molecule has 1 saturated heterocycles. The number of carbonyl (C=O) groups excluding carboxylic acids is 1. The largest absolute Gasteiger partial charge is 0.492 e. The number of alkyl carbamates (subject to hydrolysis) is 1. The van der Waals surface area contributed by atoms with Gasteiger partial charge in [0.25, 0.3) is 0 Å². The number of carbonyl (C=O) groups is 1. The molecule has 0 saturated carbocycles. The molecule has 0 atom stereocenters. The highest BCUT2D eigenvalue weighted by molar-refractivity contribution is 7.10. The molecule has 28 heavy (non-hydrogen) atoms. The van der Waals surface area contributed by atoms with Gasteiger partial charge < -0.3 is 19.4 Å². The van der Waals surface area contributed by atoms with E-state index < -0.39 is 24.4 Å². The number of benzene rings is 1. The minimum atomic E-state index is -0.526. The Hall–Kier alpha value is -2.09. The van der Waals surface area contributed by atoms with E-state index in [1.54, 1.807) is 11.3 Å². The first-order chi connectivity index (χ1) is 13.3. The number of hydrogen-bond donors (Lipinski definition) is 1. The summed E-state index contributed by atoms with van der Waals surface area (Å²) in [6.45, 7) is 8.55. The van der Waals surface area contributed by atoms with Crippen molar-refractivity contribution in [2.75, 3.05) is 6.54 Å². The van der Waals surface area contributed by atoms with Crippen molar-refractivity contribution in [3.8, 4) is 0 Å². The molecule has 1 aliphatic heterocycles. The van der Waals surface area contributed by atoms with Gasteiger partial charge in [-0.3, -0.25) is 0 Å². The smallest absolute Gasteiger partial charge is 0.445 e. The zero-order chi connectivity index (χ0) is 20.2. The molecule has 1 N–H and O–H groups in total. The Bertz CT molecular complexity index is 802. The zero-order valence-corrected chi connectivity index (χ0v) is 17.5. The van der Waals surface area contributed by atoms with Gasteiger partial charge in [-0.15, -0.1) is 11.3 Å². The molecule has 1 aromatic heterocycles. The van der Waals surface area contributed by atoms with Gasteiger partial charge in [0, 0.05) is 11.4 Å². The van der Waals surface area contributed by atoms with Gasteiger partial charge >= 0.3 is 13.2 Å². The first kappa shape index (κ1) is 20.6. The van der Waals surface area contributed by atoms with Gasteiger partial charge in [0.05, 0.1) is 11.2 Å². The number of nitrogens with one attached hydrogen (secondary N) is 1. The van der Waals surface area contributed by atoms with Gasteiger partial charge in [-0.05, 0) is 56.3 Å². The highest BCUT2D eigenvalue weighted by Crippen LogP contribution is 2.38. The molecule has 7 heteroatoms. The second-order valence-corrected chi connectivity index (χ2v) is 8.72. The SMILES string of the molecule is CC1(C)OB(C(=Cc2cccs2)CNC(=O)OCc2ccccc2)OC1(C)C. The number of rotatable bonds is 6. The van der Waals surface area contributed by atoms with E-state index in [1.807, 2.05) is 81.6 Å². The molecule has 2 heterocycles. The molecule has 148 valence electrons. The fraction of sp³-hybridized carbons (Fsp3) is 0.381. The molecule has 0 unspecified atom stereocenters. The van der Waals surface area contributed by atoms with Crippen molar-refractivity contribution in [1.82, 2.24) is 5.32 Å². The maximum Gasteiger partial charge on any atom is 0.492 e. The summed E-state index contributed by atoms with van der Waals surface area (Å²) >= 11 is 1.62. The average Bonchev–Trinajstić information content (AvgIpc) is 3.23. The van der Waals surface area contributed by atoms with Crippen LogP contribution in [0.5, 0.6) is 0 Å². The fourth-order valence-electron chi connectivity index (χ4n) is 2.70. The van der Waals surface area contributed by atoms with Crippen LogP contribution in [0.1, 0.15) is 38.1 Å². The zero-order valence-electron chi connectivity index (χ0n) is 16.7. The highest BCUT2D eigenvalue weighted by atomic mass is 32.1. The Morgan fingerprint density at radius 2 is 1.79 bits per heavy atom. The van der Waals surface area contributed by atoms with E-state index in [0.717, 1.165) is 15.9 Å². The third-order valence-corrected chi connectivity index (χ3v) is 5.90. The normalized spacial score (nSPS) is 18.1. The van der Waals surface area contributed by atoms with Crippen LogP contribution in [-0.2, 0) is 20.7 Å². The molecule has 3 rings (SSSR count). The second kappa shape index (κ2) is 8.51. The molecule has 5 nitrogen and oxygen atoms in total. The van der Waals surface area contributed by atoms with Crippen molar-refractivity contribution in [1.29, 1.82) is 0 Å². The topological polar surface area (TPSA) is 56.8 Å². The highest BCUT2D eigenvalue weighted by Gasteiger charge is 2.52. The van der Waals surface area contributed by atoms with Crippen LogP contribution >= 0.6 is 11.3 Å². The van der Waals surface area contributed by atoms with Gasteiger partial charge in [-0.1, -0.05) is 36.4 Å². The van der Waals surface area contributed by atoms with Gasteiger partial charge in [0.1, 0.15) is 6.61 Å². The average molecular weight is 399 g/mol. The van der Waals surface area contributed by atoms with Crippen molar-refractivity contribution in [3.05, 3.63) is 63.8 Å². The molecule has 1 aliphatic rings. The Morgan fingerprint density at radius 3 is 2.39 bits per heavy atom. The monoisotopic (exact) mass is 399 g/mol. The van der Waals surface area contributed by atoms with E-state index in [2.05, 4.69) is 5.32 Å². The van der Waals surface area contributed by atoms with E-state index in [0.29, 0.717) is 0 Å². The number of ether oxygens (including phenoxy) is 1. The summed E-state index contributed by atoms with van der Waals surface area (Å²) in [5, 5.41) is 4.82. The maximum atomic E-state index is 12.2. The Labute approximate surface area is 170 Å². The van der Waals surface area contributed by atoms with Crippen LogP contribution in [-0.4, -0.2) is 31.0 Å². The molecule has 1 fully saturated rings. The molecule has 0 spiro atoms. The summed E-state index contributed by atoms with van der Waals surface area (Å²) in [6.07, 6.45) is 1.53. The quantitative estimate of drug-likeness (QED) is 0.716. The van der Waals surface area contributed by atoms with Crippen LogP contribution in [0.25, 0.3) is 6.08 Å². The summed E-state index contributed by atoms with van der Waals surface area (Å²) in [7, 11) is -0.526. The van der Waals surface area contributed by atoms with E-state index in [1.165, 1.54) is 0 Å². The predicted octanol–water partition coefficient (Wildman–Crippen LogP) is 4.69. The van der Waals surface area contributed by atoms with Crippen LogP contribution < -0.4 is 5.32 Å². The van der Waals surface area contributed by atoms with Crippen LogP contribution in [0.3, 0.4) is 0 Å². The Morgan fingerprint density at radius 1 is 1.11 bits per heavy atom. The van der Waals surface area contributed by atoms with Crippen LogP contribution in [0.15, 0.2) is 53.3 Å². The molecular formula is C21H26BNO4S. The standard InChI is InChI=1S/C21H26BNO4S/c1-20(2)21(3,4)27-22(26-20)17(13-18-11-8-12-28-18)14-23-19(24)25-15-16-9-6-5-7-10-16/h5-13H,14-15H2,1-4H3,(H,23,24). The predicted molar refractivity (Wildman–Crippen MR) is 113 cm³/mol. The van der Waals surface area contributed by atoms with Crippen molar-refractivity contribution < 1.29 is 18.8 Å². The molecule has 1 amide bonds. The van der Waals surface area contributed by atoms with Crippen molar-refractivity contribution in [3.63, 3.8) is 0 Å². The van der Waals surface area contributed by atoms with Crippen LogP contribution in [0, 0.1) is 0 Å². The second-order valence-electron chi connectivity index (χ2n) is 7.74. The molecule has 0 radical (unpaired) electrons. The van der Waals surface area contributed by atoms with Gasteiger partial charge in [-0.2, -0.15) is 0 Å². The third-order valence-electron chi connectivity index (χ3n) is 5.08. The molecule has 0 bridgehead atoms. The van der Waals surface area contributed by atoms with Crippen molar-refractivity contribution in [2.45, 2.75) is 45.5 Å². The lowest BCUT2D eigenvalue weighted by molar-refractivity contribution is 0.00578. The third kappa shape index (κ3) is 5.04. The van der Waals surface area contributed by atoms with E-state index in [9.17, 15) is 4.79 Å². The summed E-state index contributed by atoms with van der Waals surface area (Å²) in [6, 6.07) is 13.6. The summed E-state index contributed by atoms with van der Waals surface area (Å²) < 4.78 is 17.6. The lowest BCUT2D eigenvalue weighted by Gasteiger charge is -2.32. The van der Waals surface area contributed by atoms with Gasteiger partial charge in [-0.25, -0.2) is 4.79 Å². The van der Waals surface area contributed by atoms with Crippen molar-refractivity contribution >= 4 is 30.6 Å². The number of hydrogen-bond acceptors (Lipinski definition) is 5. The van der Waals surface area contributed by atoms with Crippen LogP contribution in [0.2, 0.25) is 0 Å². The van der Waals surface area contributed by atoms with Gasteiger partial charge in [0.2, 0.25) is 0 Å². The fourth-order valence-corrected chi connectivity index (χ4v) is 3.39. The van der Waals surface area contributed by atoms with Crippen molar-refractivity contribution in [2.24, 2.45) is 0 Å². The summed E-state index contributed by atoms with van der Waals surface area (Å²) in [5.41, 5.74) is 0.899. The van der Waals surface area contributed by atoms with E-state index in [4.69, 9.17) is 14.0 Å². The summed E-state index contributed by atoms with van der Waals surface area (Å²) in [4.78, 5) is 13.2. The molecule has 0 aliphatic carbocycles. The minimum absolute atomic E-state index is 0.229. The lowest BCUT2D eigenvalue weighted by atomic mass is 9.77. The summed E-state index contributed by atoms with van der Waals surface area (Å²) in [5.74, 6) is 0. The van der Waals surface area contributed by atoms with E-state index in [-0.39, 0.29) is 13.2 Å². The van der Waals surface area contributed by atoms with Gasteiger partial charge in [0.15, 0.2) is 0 Å². The Balaban J connectivity index is 1.64. The first-order valence-electron chi connectivity index (χ1n) is 9.31. The first-order valence-corrected chi connectivity index (χ1v) is 10.2. The number of thiophene rings is 1. The molecule has 1 aromatic carbocycles. The van der Waals surface area contributed by atoms with E-state index >= 15 is 0 Å². The molecule has 2 aromatic rings. The lowest BCUT2D eigenvalue weighted by Crippen LogP contribution is -2.41. The minimum Gasteiger partial charge on any atom is -0.445 e. The maximum absolute atomic E-state index is 12.2. The molecular weight excluding hydrogens is 373 g/mol. The van der Waals surface area contributed by atoms with Crippen LogP contribution in [0.4, 0.5) is 4.79 Å². The Kier molecular flexibility index (Phi) is 6.28.